The number of hydrogen-bond donors (Lipinski definition) is 0. The van der Waals surface area contributed by atoms with Crippen LogP contribution in [-0.2, 0) is 25.5 Å². The average Bonchev–Trinajstić information content (AvgIpc) is 3.02. The van der Waals surface area contributed by atoms with E-state index in [-0.39, 0.29) is 29.7 Å². The van der Waals surface area contributed by atoms with Gasteiger partial charge in [0.15, 0.2) is 0 Å². The van der Waals surface area contributed by atoms with Gasteiger partial charge in [-0.3, -0.25) is 14.6 Å². The van der Waals surface area contributed by atoms with E-state index in [9.17, 15) is 9.59 Å². The monoisotopic (exact) mass is 327 g/mol. The van der Waals surface area contributed by atoms with Crippen LogP contribution in [0.15, 0.2) is 29.3 Å². The van der Waals surface area contributed by atoms with Crippen molar-refractivity contribution < 1.29 is 19.1 Å². The highest BCUT2D eigenvalue weighted by Crippen LogP contribution is 2.70. The molecule has 0 spiro atoms. The van der Waals surface area contributed by atoms with Gasteiger partial charge < -0.3 is 9.47 Å². The van der Waals surface area contributed by atoms with Gasteiger partial charge in [-0.05, 0) is 31.4 Å². The van der Waals surface area contributed by atoms with Crippen LogP contribution in [0.5, 0.6) is 0 Å². The molecular formula is C19H21NO4. The lowest BCUT2D eigenvalue weighted by molar-refractivity contribution is -0.150. The molecule has 1 aromatic rings. The van der Waals surface area contributed by atoms with Crippen molar-refractivity contribution in [2.24, 2.45) is 22.2 Å². The number of nitrogens with zero attached hydrogens (tertiary/aromatic N) is 1. The fourth-order valence-corrected chi connectivity index (χ4v) is 5.24. The normalized spacial score (nSPS) is 38.3. The minimum atomic E-state index is -0.800. The summed E-state index contributed by atoms with van der Waals surface area (Å²) in [4.78, 5) is 30.0. The Bertz CT molecular complexity index is 785. The van der Waals surface area contributed by atoms with Crippen molar-refractivity contribution >= 4 is 17.7 Å². The average molecular weight is 327 g/mol. The number of benzene rings is 1. The van der Waals surface area contributed by atoms with E-state index in [4.69, 9.17) is 14.5 Å². The molecule has 5 atom stereocenters. The van der Waals surface area contributed by atoms with Gasteiger partial charge in [0.25, 0.3) is 0 Å². The molecule has 1 aliphatic heterocycles. The zero-order chi connectivity index (χ0) is 17.3. The lowest BCUT2D eigenvalue weighted by Gasteiger charge is -2.37. The van der Waals surface area contributed by atoms with Crippen LogP contribution in [0.3, 0.4) is 0 Å². The first-order chi connectivity index (χ1) is 11.4. The topological polar surface area (TPSA) is 65.0 Å². The molecular weight excluding hydrogens is 306 g/mol. The number of carbonyl (C=O) groups excluding carboxylic acids is 2. The smallest absolute Gasteiger partial charge is 0.318 e. The van der Waals surface area contributed by atoms with Gasteiger partial charge >= 0.3 is 11.9 Å². The van der Waals surface area contributed by atoms with E-state index in [1.165, 1.54) is 14.2 Å². The molecule has 5 heteroatoms. The first kappa shape index (κ1) is 15.4. The summed E-state index contributed by atoms with van der Waals surface area (Å²) in [5, 5.41) is 0. The minimum Gasteiger partial charge on any atom is -0.469 e. The van der Waals surface area contributed by atoms with Crippen LogP contribution in [0, 0.1) is 17.3 Å². The fourth-order valence-electron chi connectivity index (χ4n) is 5.24. The number of ether oxygens (including phenoxy) is 2. The van der Waals surface area contributed by atoms with Gasteiger partial charge in [0.2, 0.25) is 0 Å². The number of fused-ring (bicyclic) bond motifs is 5. The molecule has 0 aromatic heterocycles. The Balaban J connectivity index is 1.92. The molecule has 1 heterocycles. The van der Waals surface area contributed by atoms with Crippen molar-refractivity contribution in [3.05, 3.63) is 35.4 Å². The molecule has 0 saturated heterocycles. The van der Waals surface area contributed by atoms with Crippen LogP contribution in [0.2, 0.25) is 0 Å². The molecule has 1 fully saturated rings. The molecule has 0 amide bonds. The maximum atomic E-state index is 12.8. The third kappa shape index (κ3) is 1.57. The van der Waals surface area contributed by atoms with E-state index in [2.05, 4.69) is 12.1 Å². The number of esters is 2. The maximum absolute atomic E-state index is 12.8. The second-order valence-electron chi connectivity index (χ2n) is 7.27. The molecule has 126 valence electrons. The SMILES string of the molecule is COC(=O)C1C2C3c4ccccc4CC3(C(=O)OC)C(C)=NC12C. The Morgan fingerprint density at radius 3 is 2.58 bits per heavy atom. The van der Waals surface area contributed by atoms with Gasteiger partial charge in [0, 0.05) is 17.5 Å². The second-order valence-corrected chi connectivity index (χ2v) is 7.27. The Hall–Kier alpha value is -2.17. The minimum absolute atomic E-state index is 0.0311. The molecule has 2 aliphatic carbocycles. The molecule has 3 aliphatic rings. The van der Waals surface area contributed by atoms with E-state index in [0.29, 0.717) is 6.42 Å². The molecule has 24 heavy (non-hydrogen) atoms. The standard InChI is InChI=1S/C19H21NO4/c1-10-19(17(22)24-4)9-11-7-5-6-8-12(11)13(19)14-15(16(21)23-3)18(14,2)20-10/h5-8,13-15H,9H2,1-4H3. The van der Waals surface area contributed by atoms with Crippen LogP contribution < -0.4 is 0 Å². The van der Waals surface area contributed by atoms with Crippen molar-refractivity contribution in [2.45, 2.75) is 31.7 Å². The van der Waals surface area contributed by atoms with Gasteiger partial charge in [-0.1, -0.05) is 24.3 Å². The first-order valence-electron chi connectivity index (χ1n) is 8.22. The van der Waals surface area contributed by atoms with Crippen molar-refractivity contribution in [3.8, 4) is 0 Å². The molecule has 1 saturated carbocycles. The molecule has 5 unspecified atom stereocenters. The van der Waals surface area contributed by atoms with Crippen LogP contribution in [0.1, 0.15) is 30.9 Å². The number of carbonyl (C=O) groups is 2. The summed E-state index contributed by atoms with van der Waals surface area (Å²) in [6.07, 6.45) is 0.580. The molecule has 0 bridgehead atoms. The van der Waals surface area contributed by atoms with Gasteiger partial charge in [0.1, 0.15) is 5.41 Å². The van der Waals surface area contributed by atoms with E-state index in [1.807, 2.05) is 26.0 Å². The predicted molar refractivity (Wildman–Crippen MR) is 87.8 cm³/mol. The number of hydrogen-bond acceptors (Lipinski definition) is 5. The molecule has 0 radical (unpaired) electrons. The number of aliphatic imine (C=N–C) groups is 1. The van der Waals surface area contributed by atoms with Crippen LogP contribution in [0.25, 0.3) is 0 Å². The van der Waals surface area contributed by atoms with Crippen LogP contribution >= 0.6 is 0 Å². The Morgan fingerprint density at radius 1 is 1.21 bits per heavy atom. The third-order valence-corrected chi connectivity index (χ3v) is 6.36. The zero-order valence-electron chi connectivity index (χ0n) is 14.3. The zero-order valence-corrected chi connectivity index (χ0v) is 14.3. The van der Waals surface area contributed by atoms with Crippen molar-refractivity contribution in [3.63, 3.8) is 0 Å². The maximum Gasteiger partial charge on any atom is 0.318 e. The van der Waals surface area contributed by atoms with Crippen molar-refractivity contribution in [1.82, 2.24) is 0 Å². The van der Waals surface area contributed by atoms with E-state index in [0.717, 1.165) is 16.8 Å². The summed E-state index contributed by atoms with van der Waals surface area (Å²) in [5.41, 5.74) is 1.75. The summed E-state index contributed by atoms with van der Waals surface area (Å²) in [7, 11) is 2.83. The third-order valence-electron chi connectivity index (χ3n) is 6.36. The highest BCUT2D eigenvalue weighted by atomic mass is 16.5. The van der Waals surface area contributed by atoms with E-state index in [1.54, 1.807) is 0 Å². The largest absolute Gasteiger partial charge is 0.469 e. The quantitative estimate of drug-likeness (QED) is 0.781. The second kappa shape index (κ2) is 4.68. The van der Waals surface area contributed by atoms with Crippen LogP contribution in [-0.4, -0.2) is 37.4 Å². The van der Waals surface area contributed by atoms with Crippen molar-refractivity contribution in [2.75, 3.05) is 14.2 Å². The van der Waals surface area contributed by atoms with E-state index >= 15 is 0 Å². The molecule has 5 nitrogen and oxygen atoms in total. The predicted octanol–water partition coefficient (Wildman–Crippen LogP) is 2.14. The van der Waals surface area contributed by atoms with Gasteiger partial charge in [0.05, 0.1) is 25.7 Å². The summed E-state index contributed by atoms with van der Waals surface area (Å²) in [5.74, 6) is -0.934. The molecule has 0 N–H and O–H groups in total. The highest BCUT2D eigenvalue weighted by molar-refractivity contribution is 6.09. The Morgan fingerprint density at radius 2 is 1.92 bits per heavy atom. The number of rotatable bonds is 2. The summed E-state index contributed by atoms with van der Waals surface area (Å²) < 4.78 is 10.2. The van der Waals surface area contributed by atoms with Gasteiger partial charge in [-0.15, -0.1) is 0 Å². The molecule has 1 aromatic carbocycles. The first-order valence-corrected chi connectivity index (χ1v) is 8.22. The van der Waals surface area contributed by atoms with E-state index < -0.39 is 11.0 Å². The number of methoxy groups -OCH3 is 2. The highest BCUT2D eigenvalue weighted by Gasteiger charge is 2.77. The van der Waals surface area contributed by atoms with Gasteiger partial charge in [-0.2, -0.15) is 0 Å². The van der Waals surface area contributed by atoms with Crippen molar-refractivity contribution in [1.29, 1.82) is 0 Å². The summed E-state index contributed by atoms with van der Waals surface area (Å²) >= 11 is 0. The van der Waals surface area contributed by atoms with Gasteiger partial charge in [-0.25, -0.2) is 0 Å². The lowest BCUT2D eigenvalue weighted by atomic mass is 9.67. The summed E-state index contributed by atoms with van der Waals surface area (Å²) in [6, 6.07) is 8.09. The van der Waals surface area contributed by atoms with Crippen LogP contribution in [0.4, 0.5) is 0 Å². The molecule has 4 rings (SSSR count). The lowest BCUT2D eigenvalue weighted by Crippen LogP contribution is -2.47. The Kier molecular flexibility index (Phi) is 3.00. The summed E-state index contributed by atoms with van der Waals surface area (Å²) in [6.45, 7) is 3.88. The fraction of sp³-hybridized carbons (Fsp3) is 0.526. The Labute approximate surface area is 141 Å².